The smallest absolute Gasteiger partial charge is 0.313 e. The van der Waals surface area contributed by atoms with Crippen molar-refractivity contribution in [1.29, 1.82) is 0 Å². The minimum absolute atomic E-state index is 0.265. The van der Waals surface area contributed by atoms with E-state index in [0.717, 1.165) is 0 Å². The van der Waals surface area contributed by atoms with E-state index in [1.807, 2.05) is 0 Å². The van der Waals surface area contributed by atoms with Crippen molar-refractivity contribution in [3.8, 4) is 0 Å². The minimum atomic E-state index is -0.779. The molecule has 0 saturated carbocycles. The number of carbonyl (C=O) groups is 2. The lowest BCUT2D eigenvalue weighted by Crippen LogP contribution is -2.43. The fraction of sp³-hybridized carbons (Fsp3) is 0.429. The molecule has 1 aromatic rings. The Bertz CT molecular complexity index is 517. The number of halogens is 1. The van der Waals surface area contributed by atoms with E-state index in [4.69, 9.17) is 26.8 Å². The van der Waals surface area contributed by atoms with Crippen LogP contribution in [0.15, 0.2) is 18.2 Å². The first kappa shape index (κ1) is 18.2. The van der Waals surface area contributed by atoms with Crippen LogP contribution in [0.5, 0.6) is 0 Å². The topological polar surface area (TPSA) is 93.9 Å². The van der Waals surface area contributed by atoms with Gasteiger partial charge in [-0.05, 0) is 18.2 Å². The summed E-state index contributed by atoms with van der Waals surface area (Å²) in [5.41, 5.74) is 6.37. The van der Waals surface area contributed by atoms with Crippen molar-refractivity contribution < 1.29 is 19.1 Å². The predicted octanol–water partition coefficient (Wildman–Crippen LogP) is 0.982. The number of nitrogens with zero attached hydrogens (tertiary/aromatic N) is 1. The molecule has 0 aliphatic rings. The van der Waals surface area contributed by atoms with E-state index in [9.17, 15) is 9.59 Å². The monoisotopic (exact) mass is 329 g/mol. The van der Waals surface area contributed by atoms with Crippen LogP contribution < -0.4 is 11.1 Å². The third-order valence-electron chi connectivity index (χ3n) is 2.85. The van der Waals surface area contributed by atoms with Crippen molar-refractivity contribution >= 4 is 34.8 Å². The zero-order valence-electron chi connectivity index (χ0n) is 12.6. The molecule has 0 aromatic heterocycles. The molecule has 0 aliphatic heterocycles. The number of amides is 2. The lowest BCUT2D eigenvalue weighted by molar-refractivity contribution is -0.144. The van der Waals surface area contributed by atoms with Gasteiger partial charge in [0.1, 0.15) is 0 Å². The van der Waals surface area contributed by atoms with Crippen LogP contribution in [-0.4, -0.2) is 57.2 Å². The molecule has 122 valence electrons. The number of methoxy groups -OCH3 is 2. The number of ether oxygens (including phenoxy) is 2. The molecule has 2 amide bonds. The van der Waals surface area contributed by atoms with Crippen molar-refractivity contribution in [1.82, 2.24) is 4.90 Å². The third-order valence-corrected chi connectivity index (χ3v) is 3.17. The van der Waals surface area contributed by atoms with Gasteiger partial charge in [0.2, 0.25) is 0 Å². The number of nitrogen functional groups attached to an aromatic ring is 1. The van der Waals surface area contributed by atoms with Crippen molar-refractivity contribution in [3.05, 3.63) is 23.2 Å². The van der Waals surface area contributed by atoms with E-state index in [2.05, 4.69) is 5.32 Å². The van der Waals surface area contributed by atoms with Crippen LogP contribution in [0.25, 0.3) is 0 Å². The first-order chi connectivity index (χ1) is 10.5. The third kappa shape index (κ3) is 5.51. The minimum Gasteiger partial charge on any atom is -0.399 e. The highest BCUT2D eigenvalue weighted by Gasteiger charge is 2.22. The van der Waals surface area contributed by atoms with Crippen LogP contribution in [0.4, 0.5) is 11.4 Å². The van der Waals surface area contributed by atoms with Gasteiger partial charge in [-0.15, -0.1) is 0 Å². The summed E-state index contributed by atoms with van der Waals surface area (Å²) in [7, 11) is 3.04. The molecule has 1 aromatic carbocycles. The molecule has 8 heteroatoms. The van der Waals surface area contributed by atoms with Crippen molar-refractivity contribution in [2.24, 2.45) is 0 Å². The van der Waals surface area contributed by atoms with Gasteiger partial charge in [0.25, 0.3) is 0 Å². The average molecular weight is 330 g/mol. The summed E-state index contributed by atoms with van der Waals surface area (Å²) in [6.07, 6.45) is 0. The molecule has 0 unspecified atom stereocenters. The van der Waals surface area contributed by atoms with E-state index < -0.39 is 11.8 Å². The number of anilines is 2. The zero-order chi connectivity index (χ0) is 16.5. The van der Waals surface area contributed by atoms with Crippen LogP contribution in [0.3, 0.4) is 0 Å². The van der Waals surface area contributed by atoms with Gasteiger partial charge in [-0.3, -0.25) is 9.59 Å². The van der Waals surface area contributed by atoms with E-state index in [0.29, 0.717) is 37.7 Å². The summed E-state index contributed by atoms with van der Waals surface area (Å²) in [6, 6.07) is 4.62. The first-order valence-corrected chi connectivity index (χ1v) is 7.00. The van der Waals surface area contributed by atoms with Gasteiger partial charge >= 0.3 is 11.8 Å². The number of nitrogens with two attached hydrogens (primary N) is 1. The molecule has 0 fully saturated rings. The van der Waals surface area contributed by atoms with Gasteiger partial charge < -0.3 is 25.4 Å². The normalized spacial score (nSPS) is 10.3. The summed E-state index contributed by atoms with van der Waals surface area (Å²) in [5, 5.41) is 2.74. The molecule has 0 spiro atoms. The maximum absolute atomic E-state index is 12.2. The molecule has 0 bridgehead atoms. The summed E-state index contributed by atoms with van der Waals surface area (Å²) in [5.74, 6) is -1.46. The first-order valence-electron chi connectivity index (χ1n) is 6.62. The molecule has 7 nitrogen and oxygen atoms in total. The van der Waals surface area contributed by atoms with Gasteiger partial charge in [-0.25, -0.2) is 0 Å². The fourth-order valence-corrected chi connectivity index (χ4v) is 1.91. The molecule has 0 atom stereocenters. The Morgan fingerprint density at radius 2 is 1.82 bits per heavy atom. The predicted molar refractivity (Wildman–Crippen MR) is 84.8 cm³/mol. The number of benzene rings is 1. The molecule has 1 rings (SSSR count). The largest absolute Gasteiger partial charge is 0.399 e. The molecule has 22 heavy (non-hydrogen) atoms. The Labute approximate surface area is 134 Å². The summed E-state index contributed by atoms with van der Waals surface area (Å²) in [4.78, 5) is 25.6. The van der Waals surface area contributed by atoms with Crippen LogP contribution in [0.1, 0.15) is 0 Å². The van der Waals surface area contributed by atoms with Gasteiger partial charge in [-0.1, -0.05) is 11.6 Å². The van der Waals surface area contributed by atoms with Crippen LogP contribution in [-0.2, 0) is 19.1 Å². The molecule has 0 radical (unpaired) electrons. The van der Waals surface area contributed by atoms with Crippen LogP contribution in [0.2, 0.25) is 5.02 Å². The molecular weight excluding hydrogens is 310 g/mol. The SMILES string of the molecule is COCCN(CCOC)C(=O)C(=O)Nc1ccc(N)cc1Cl. The van der Waals surface area contributed by atoms with Gasteiger partial charge in [0.15, 0.2) is 0 Å². The molecule has 0 saturated heterocycles. The van der Waals surface area contributed by atoms with E-state index >= 15 is 0 Å². The van der Waals surface area contributed by atoms with Crippen molar-refractivity contribution in [2.75, 3.05) is 51.6 Å². The number of hydrogen-bond donors (Lipinski definition) is 2. The van der Waals surface area contributed by atoms with Crippen molar-refractivity contribution in [2.45, 2.75) is 0 Å². The maximum atomic E-state index is 12.2. The number of carbonyl (C=O) groups excluding carboxylic acids is 2. The van der Waals surface area contributed by atoms with E-state index in [-0.39, 0.29) is 5.02 Å². The Kier molecular flexibility index (Phi) is 7.65. The molecule has 3 N–H and O–H groups in total. The summed E-state index contributed by atoms with van der Waals surface area (Å²) in [6.45, 7) is 1.24. The summed E-state index contributed by atoms with van der Waals surface area (Å²) >= 11 is 5.97. The second kappa shape index (κ2) is 9.24. The quantitative estimate of drug-likeness (QED) is 0.574. The van der Waals surface area contributed by atoms with Crippen LogP contribution in [0, 0.1) is 0 Å². The number of rotatable bonds is 7. The Hall–Kier alpha value is -1.83. The highest BCUT2D eigenvalue weighted by Crippen LogP contribution is 2.23. The Balaban J connectivity index is 2.73. The van der Waals surface area contributed by atoms with Crippen LogP contribution >= 0.6 is 11.6 Å². The molecular formula is C14H20ClN3O4. The van der Waals surface area contributed by atoms with Gasteiger partial charge in [0, 0.05) is 33.0 Å². The standard InChI is InChI=1S/C14H20ClN3O4/c1-21-7-5-18(6-8-22-2)14(20)13(19)17-12-4-3-10(16)9-11(12)15/h3-4,9H,5-8,16H2,1-2H3,(H,17,19). The van der Waals surface area contributed by atoms with E-state index in [1.165, 1.54) is 31.3 Å². The van der Waals surface area contributed by atoms with Gasteiger partial charge in [-0.2, -0.15) is 0 Å². The zero-order valence-corrected chi connectivity index (χ0v) is 13.4. The fourth-order valence-electron chi connectivity index (χ4n) is 1.67. The average Bonchev–Trinajstić information content (AvgIpc) is 2.49. The Morgan fingerprint density at radius 1 is 1.23 bits per heavy atom. The van der Waals surface area contributed by atoms with E-state index in [1.54, 1.807) is 6.07 Å². The Morgan fingerprint density at radius 3 is 2.32 bits per heavy atom. The highest BCUT2D eigenvalue weighted by atomic mass is 35.5. The maximum Gasteiger partial charge on any atom is 0.313 e. The van der Waals surface area contributed by atoms with Crippen molar-refractivity contribution in [3.63, 3.8) is 0 Å². The second-order valence-electron chi connectivity index (χ2n) is 4.47. The lowest BCUT2D eigenvalue weighted by Gasteiger charge is -2.21. The molecule has 0 aliphatic carbocycles. The highest BCUT2D eigenvalue weighted by molar-refractivity contribution is 6.41. The summed E-state index contributed by atoms with van der Waals surface area (Å²) < 4.78 is 9.86. The number of hydrogen-bond acceptors (Lipinski definition) is 5. The number of nitrogens with one attached hydrogen (secondary N) is 1. The van der Waals surface area contributed by atoms with Gasteiger partial charge in [0.05, 0.1) is 23.9 Å². The second-order valence-corrected chi connectivity index (χ2v) is 4.88. The molecule has 0 heterocycles. The lowest BCUT2D eigenvalue weighted by atomic mass is 10.3.